The lowest BCUT2D eigenvalue weighted by Crippen LogP contribution is -2.27. The predicted molar refractivity (Wildman–Crippen MR) is 53.0 cm³/mol. The van der Waals surface area contributed by atoms with E-state index in [1.807, 2.05) is 24.3 Å². The van der Waals surface area contributed by atoms with E-state index in [1.165, 1.54) is 0 Å². The third kappa shape index (κ3) is 1.16. The molecule has 3 heteroatoms. The summed E-state index contributed by atoms with van der Waals surface area (Å²) in [6.45, 7) is 0.912. The van der Waals surface area contributed by atoms with Gasteiger partial charge in [0.15, 0.2) is 11.5 Å². The maximum absolute atomic E-state index is 5.64. The smallest absolute Gasteiger partial charge is 0.280 e. The van der Waals surface area contributed by atoms with Crippen LogP contribution in [-0.2, 0) is 0 Å². The number of nitrogens with zero attached hydrogens (tertiary/aromatic N) is 1. The topological polar surface area (TPSA) is 30.8 Å². The minimum Gasteiger partial charge on any atom is -0.446 e. The fourth-order valence-corrected chi connectivity index (χ4v) is 1.79. The molecule has 0 aromatic heterocycles. The van der Waals surface area contributed by atoms with Crippen LogP contribution < -0.4 is 9.47 Å². The van der Waals surface area contributed by atoms with Crippen LogP contribution >= 0.6 is 0 Å². The Kier molecular flexibility index (Phi) is 1.69. The highest BCUT2D eigenvalue weighted by Gasteiger charge is 2.29. The summed E-state index contributed by atoms with van der Waals surface area (Å²) < 4.78 is 11.3. The van der Waals surface area contributed by atoms with Gasteiger partial charge in [0.05, 0.1) is 5.71 Å². The summed E-state index contributed by atoms with van der Waals surface area (Å²) in [5.41, 5.74) is 1.04. The lowest BCUT2D eigenvalue weighted by atomic mass is 10.2. The molecule has 0 saturated carbocycles. The maximum atomic E-state index is 5.64. The Morgan fingerprint density at radius 2 is 1.86 bits per heavy atom. The molecule has 72 valence electrons. The summed E-state index contributed by atoms with van der Waals surface area (Å²) in [7, 11) is 0. The molecular weight excluding hydrogens is 178 g/mol. The van der Waals surface area contributed by atoms with Gasteiger partial charge in [-0.25, -0.2) is 0 Å². The molecule has 0 amide bonds. The number of ether oxygens (including phenoxy) is 2. The summed E-state index contributed by atoms with van der Waals surface area (Å²) in [5.74, 6) is 1.65. The Hall–Kier alpha value is -1.51. The lowest BCUT2D eigenvalue weighted by Gasteiger charge is -2.08. The molecule has 0 atom stereocenters. The van der Waals surface area contributed by atoms with Crippen LogP contribution in [0.4, 0.5) is 0 Å². The van der Waals surface area contributed by atoms with E-state index in [-0.39, 0.29) is 6.29 Å². The highest BCUT2D eigenvalue weighted by molar-refractivity contribution is 5.90. The molecule has 14 heavy (non-hydrogen) atoms. The molecule has 2 heterocycles. The molecule has 2 aliphatic heterocycles. The van der Waals surface area contributed by atoms with Crippen LogP contribution in [0.25, 0.3) is 0 Å². The molecule has 0 bridgehead atoms. The molecule has 0 saturated heterocycles. The zero-order chi connectivity index (χ0) is 9.38. The highest BCUT2D eigenvalue weighted by atomic mass is 16.7. The first-order valence-electron chi connectivity index (χ1n) is 4.89. The van der Waals surface area contributed by atoms with Crippen LogP contribution in [0.5, 0.6) is 11.5 Å². The van der Waals surface area contributed by atoms with E-state index in [1.54, 1.807) is 0 Å². The van der Waals surface area contributed by atoms with E-state index < -0.39 is 0 Å². The quantitative estimate of drug-likeness (QED) is 0.676. The third-order valence-corrected chi connectivity index (χ3v) is 2.50. The van der Waals surface area contributed by atoms with Gasteiger partial charge in [-0.1, -0.05) is 12.1 Å². The van der Waals surface area contributed by atoms with Crippen molar-refractivity contribution in [1.82, 2.24) is 0 Å². The number of rotatable bonds is 1. The van der Waals surface area contributed by atoms with Crippen LogP contribution in [-0.4, -0.2) is 18.5 Å². The van der Waals surface area contributed by atoms with Gasteiger partial charge in [-0.15, -0.1) is 0 Å². The van der Waals surface area contributed by atoms with Gasteiger partial charge in [0.1, 0.15) is 0 Å². The van der Waals surface area contributed by atoms with Gasteiger partial charge < -0.3 is 9.47 Å². The second-order valence-electron chi connectivity index (χ2n) is 3.49. The molecule has 0 unspecified atom stereocenters. The van der Waals surface area contributed by atoms with E-state index >= 15 is 0 Å². The fourth-order valence-electron chi connectivity index (χ4n) is 1.79. The maximum Gasteiger partial charge on any atom is 0.280 e. The van der Waals surface area contributed by atoms with E-state index in [4.69, 9.17) is 9.47 Å². The Labute approximate surface area is 82.4 Å². The average molecular weight is 189 g/mol. The molecule has 3 rings (SSSR count). The zero-order valence-corrected chi connectivity index (χ0v) is 7.77. The van der Waals surface area contributed by atoms with E-state index in [9.17, 15) is 0 Å². The van der Waals surface area contributed by atoms with Crippen molar-refractivity contribution >= 4 is 5.71 Å². The van der Waals surface area contributed by atoms with Gasteiger partial charge >= 0.3 is 0 Å². The first-order chi connectivity index (χ1) is 6.93. The predicted octanol–water partition coefficient (Wildman–Crippen LogP) is 2.02. The average Bonchev–Trinajstić information content (AvgIpc) is 2.86. The number of fused-ring (bicyclic) bond motifs is 1. The van der Waals surface area contributed by atoms with Crippen LogP contribution in [0.3, 0.4) is 0 Å². The number of aliphatic imine (C=N–C) groups is 1. The van der Waals surface area contributed by atoms with Crippen molar-refractivity contribution in [2.24, 2.45) is 4.99 Å². The van der Waals surface area contributed by atoms with Crippen molar-refractivity contribution in [3.8, 4) is 11.5 Å². The zero-order valence-electron chi connectivity index (χ0n) is 7.77. The fraction of sp³-hybridized carbons (Fsp3) is 0.364. The van der Waals surface area contributed by atoms with E-state index in [0.717, 1.165) is 36.6 Å². The summed E-state index contributed by atoms with van der Waals surface area (Å²) in [4.78, 5) is 4.37. The summed E-state index contributed by atoms with van der Waals surface area (Å²) in [5, 5.41) is 0. The first kappa shape index (κ1) is 7.85. The van der Waals surface area contributed by atoms with Gasteiger partial charge in [-0.05, 0) is 25.0 Å². The largest absolute Gasteiger partial charge is 0.446 e. The van der Waals surface area contributed by atoms with Gasteiger partial charge in [-0.2, -0.15) is 0 Å². The molecule has 0 spiro atoms. The molecule has 0 radical (unpaired) electrons. The molecule has 0 N–H and O–H groups in total. The van der Waals surface area contributed by atoms with Crippen molar-refractivity contribution in [3.05, 3.63) is 24.3 Å². The van der Waals surface area contributed by atoms with Crippen LogP contribution in [0.1, 0.15) is 12.8 Å². The van der Waals surface area contributed by atoms with Crippen LogP contribution in [0, 0.1) is 0 Å². The molecular formula is C11H11NO2. The number of benzene rings is 1. The molecule has 0 fully saturated rings. The Balaban J connectivity index is 1.84. The second-order valence-corrected chi connectivity index (χ2v) is 3.49. The Bertz CT molecular complexity index is 362. The van der Waals surface area contributed by atoms with Crippen molar-refractivity contribution in [1.29, 1.82) is 0 Å². The minimum absolute atomic E-state index is 0.269. The minimum atomic E-state index is -0.269. The Morgan fingerprint density at radius 3 is 2.43 bits per heavy atom. The van der Waals surface area contributed by atoms with E-state index in [2.05, 4.69) is 4.99 Å². The van der Waals surface area contributed by atoms with Crippen molar-refractivity contribution in [2.45, 2.75) is 19.1 Å². The van der Waals surface area contributed by atoms with E-state index in [0.29, 0.717) is 0 Å². The molecule has 3 nitrogen and oxygen atoms in total. The summed E-state index contributed by atoms with van der Waals surface area (Å²) >= 11 is 0. The number of para-hydroxylation sites is 2. The number of hydrogen-bond donors (Lipinski definition) is 0. The highest BCUT2D eigenvalue weighted by Crippen LogP contribution is 2.35. The molecule has 1 aromatic carbocycles. The van der Waals surface area contributed by atoms with Crippen LogP contribution in [0.2, 0.25) is 0 Å². The SMILES string of the molecule is c1ccc2c(c1)OC(C1=NCCC1)O2. The standard InChI is InChI=1S/C11H11NO2/c1-2-6-10-9(5-1)13-11(14-10)8-4-3-7-12-8/h1-2,5-6,11H,3-4,7H2. The summed E-state index contributed by atoms with van der Waals surface area (Å²) in [6, 6.07) is 7.73. The third-order valence-electron chi connectivity index (χ3n) is 2.50. The summed E-state index contributed by atoms with van der Waals surface area (Å²) in [6.07, 6.45) is 1.85. The van der Waals surface area contributed by atoms with Crippen LogP contribution in [0.15, 0.2) is 29.3 Å². The van der Waals surface area contributed by atoms with Gasteiger partial charge in [0.25, 0.3) is 6.29 Å². The van der Waals surface area contributed by atoms with Crippen molar-refractivity contribution < 1.29 is 9.47 Å². The number of hydrogen-bond acceptors (Lipinski definition) is 3. The second kappa shape index (κ2) is 3.01. The normalized spacial score (nSPS) is 19.9. The molecule has 0 aliphatic carbocycles. The van der Waals surface area contributed by atoms with Crippen molar-refractivity contribution in [3.63, 3.8) is 0 Å². The van der Waals surface area contributed by atoms with Crippen molar-refractivity contribution in [2.75, 3.05) is 6.54 Å². The van der Waals surface area contributed by atoms with Gasteiger partial charge in [0, 0.05) is 6.54 Å². The van der Waals surface area contributed by atoms with Gasteiger partial charge in [0.2, 0.25) is 0 Å². The molecule has 2 aliphatic rings. The van der Waals surface area contributed by atoms with Gasteiger partial charge in [-0.3, -0.25) is 4.99 Å². The first-order valence-corrected chi connectivity index (χ1v) is 4.89. The Morgan fingerprint density at radius 1 is 1.14 bits per heavy atom. The monoisotopic (exact) mass is 189 g/mol. The molecule has 1 aromatic rings. The lowest BCUT2D eigenvalue weighted by molar-refractivity contribution is 0.112.